The van der Waals surface area contributed by atoms with Crippen LogP contribution in [0.3, 0.4) is 0 Å². The van der Waals surface area contributed by atoms with Crippen molar-refractivity contribution in [2.24, 2.45) is 0 Å². The normalized spacial score (nSPS) is 11.2. The first-order chi connectivity index (χ1) is 12.4. The Balaban J connectivity index is 1.78. The number of nitrogens with one attached hydrogen (secondary N) is 2. The highest BCUT2D eigenvalue weighted by atomic mass is 32.2. The van der Waals surface area contributed by atoms with Crippen molar-refractivity contribution in [2.45, 2.75) is 18.7 Å². The number of hydrogen-bond donors (Lipinski definition) is 2. The summed E-state index contributed by atoms with van der Waals surface area (Å²) in [6.07, 6.45) is 0. The van der Waals surface area contributed by atoms with Gasteiger partial charge in [0.1, 0.15) is 0 Å². The van der Waals surface area contributed by atoms with Gasteiger partial charge in [-0.25, -0.2) is 8.42 Å². The Morgan fingerprint density at radius 2 is 1.58 bits per heavy atom. The van der Waals surface area contributed by atoms with Crippen molar-refractivity contribution in [1.29, 1.82) is 0 Å². The van der Waals surface area contributed by atoms with Gasteiger partial charge in [0, 0.05) is 5.69 Å². The van der Waals surface area contributed by atoms with Gasteiger partial charge < -0.3 is 5.32 Å². The van der Waals surface area contributed by atoms with Crippen LogP contribution in [0.25, 0.3) is 0 Å². The molecule has 134 valence electrons. The van der Waals surface area contributed by atoms with Gasteiger partial charge in [-0.15, -0.1) is 11.3 Å². The SMILES string of the molecule is Cc1cccc(C)c1NS(=O)(=O)c1ccc(NC(=O)c2cccs2)cc1. The Morgan fingerprint density at radius 1 is 0.923 bits per heavy atom. The summed E-state index contributed by atoms with van der Waals surface area (Å²) < 4.78 is 27.9. The molecule has 0 aliphatic carbocycles. The topological polar surface area (TPSA) is 75.3 Å². The van der Waals surface area contributed by atoms with Gasteiger partial charge in [0.25, 0.3) is 15.9 Å². The molecule has 7 heteroatoms. The van der Waals surface area contributed by atoms with E-state index in [-0.39, 0.29) is 10.8 Å². The summed E-state index contributed by atoms with van der Waals surface area (Å²) in [5.41, 5.74) is 2.83. The van der Waals surface area contributed by atoms with Crippen LogP contribution < -0.4 is 10.0 Å². The zero-order valence-corrected chi connectivity index (χ0v) is 15.9. The van der Waals surface area contributed by atoms with Crippen molar-refractivity contribution in [3.05, 3.63) is 76.0 Å². The fourth-order valence-corrected chi connectivity index (χ4v) is 4.31. The summed E-state index contributed by atoms with van der Waals surface area (Å²) in [7, 11) is -3.71. The second-order valence-corrected chi connectivity index (χ2v) is 8.46. The second kappa shape index (κ2) is 7.31. The highest BCUT2D eigenvalue weighted by molar-refractivity contribution is 7.92. The van der Waals surface area contributed by atoms with E-state index in [4.69, 9.17) is 0 Å². The van der Waals surface area contributed by atoms with Crippen LogP contribution in [0.1, 0.15) is 20.8 Å². The van der Waals surface area contributed by atoms with Crippen LogP contribution in [0.5, 0.6) is 0 Å². The average molecular weight is 386 g/mol. The molecule has 0 fully saturated rings. The molecular weight excluding hydrogens is 368 g/mol. The van der Waals surface area contributed by atoms with Gasteiger partial charge in [0.05, 0.1) is 15.5 Å². The first-order valence-corrected chi connectivity index (χ1v) is 10.3. The summed E-state index contributed by atoms with van der Waals surface area (Å²) in [5.74, 6) is -0.218. The van der Waals surface area contributed by atoms with Crippen LogP contribution in [-0.4, -0.2) is 14.3 Å². The maximum Gasteiger partial charge on any atom is 0.265 e. The molecule has 2 N–H and O–H groups in total. The fourth-order valence-electron chi connectivity index (χ4n) is 2.49. The first kappa shape index (κ1) is 18.2. The fraction of sp³-hybridized carbons (Fsp3) is 0.105. The van der Waals surface area contributed by atoms with Crippen molar-refractivity contribution in [2.75, 3.05) is 10.0 Å². The molecule has 0 radical (unpaired) electrons. The van der Waals surface area contributed by atoms with Gasteiger partial charge >= 0.3 is 0 Å². The molecule has 0 unspecified atom stereocenters. The summed E-state index contributed by atoms with van der Waals surface area (Å²) >= 11 is 1.34. The molecule has 0 bridgehead atoms. The Kier molecular flexibility index (Phi) is 5.11. The van der Waals surface area contributed by atoms with E-state index in [9.17, 15) is 13.2 Å². The molecule has 0 aliphatic heterocycles. The Bertz CT molecular complexity index is 1000. The lowest BCUT2D eigenvalue weighted by Gasteiger charge is -2.13. The van der Waals surface area contributed by atoms with Gasteiger partial charge in [-0.1, -0.05) is 24.3 Å². The summed E-state index contributed by atoms with van der Waals surface area (Å²) in [6.45, 7) is 3.71. The molecule has 0 saturated carbocycles. The van der Waals surface area contributed by atoms with E-state index in [0.717, 1.165) is 11.1 Å². The van der Waals surface area contributed by atoms with E-state index >= 15 is 0 Å². The number of sulfonamides is 1. The lowest BCUT2D eigenvalue weighted by Crippen LogP contribution is -2.15. The molecule has 0 saturated heterocycles. The smallest absolute Gasteiger partial charge is 0.265 e. The summed E-state index contributed by atoms with van der Waals surface area (Å²) in [4.78, 5) is 12.8. The van der Waals surface area contributed by atoms with Crippen LogP contribution >= 0.6 is 11.3 Å². The minimum absolute atomic E-state index is 0.134. The number of thiophene rings is 1. The third kappa shape index (κ3) is 3.95. The van der Waals surface area contributed by atoms with E-state index in [1.54, 1.807) is 24.3 Å². The third-order valence-electron chi connectivity index (χ3n) is 3.89. The minimum Gasteiger partial charge on any atom is -0.321 e. The predicted octanol–water partition coefficient (Wildman–Crippen LogP) is 4.42. The number of carbonyl (C=O) groups is 1. The Hall–Kier alpha value is -2.64. The third-order valence-corrected chi connectivity index (χ3v) is 6.12. The maximum atomic E-state index is 12.6. The molecular formula is C19H18N2O3S2. The van der Waals surface area contributed by atoms with Crippen molar-refractivity contribution >= 4 is 38.6 Å². The second-order valence-electron chi connectivity index (χ2n) is 5.83. The minimum atomic E-state index is -3.71. The molecule has 0 spiro atoms. The molecule has 5 nitrogen and oxygen atoms in total. The molecule has 0 atom stereocenters. The summed E-state index contributed by atoms with van der Waals surface area (Å²) in [5, 5.41) is 4.57. The van der Waals surface area contributed by atoms with Gasteiger partial charge in [0.2, 0.25) is 0 Å². The lowest BCUT2D eigenvalue weighted by molar-refractivity contribution is 0.103. The molecule has 1 heterocycles. The molecule has 26 heavy (non-hydrogen) atoms. The quantitative estimate of drug-likeness (QED) is 0.682. The van der Waals surface area contributed by atoms with Gasteiger partial charge in [0.15, 0.2) is 0 Å². The summed E-state index contributed by atoms with van der Waals surface area (Å²) in [6, 6.07) is 15.2. The first-order valence-electron chi connectivity index (χ1n) is 7.91. The number of carbonyl (C=O) groups excluding carboxylic acids is 1. The van der Waals surface area contributed by atoms with E-state index in [2.05, 4.69) is 10.0 Å². The largest absolute Gasteiger partial charge is 0.321 e. The number of aryl methyl sites for hydroxylation is 2. The van der Waals surface area contributed by atoms with Gasteiger partial charge in [-0.05, 0) is 60.7 Å². The average Bonchev–Trinajstić information content (AvgIpc) is 3.14. The maximum absolute atomic E-state index is 12.6. The standard InChI is InChI=1S/C19H18N2O3S2/c1-13-5-3-6-14(2)18(13)21-26(23,24)16-10-8-15(9-11-16)20-19(22)17-7-4-12-25-17/h3-12,21H,1-2H3,(H,20,22). The van der Waals surface area contributed by atoms with Crippen molar-refractivity contribution in [1.82, 2.24) is 0 Å². The number of para-hydroxylation sites is 1. The van der Waals surface area contributed by atoms with Crippen LogP contribution in [0.4, 0.5) is 11.4 Å². The molecule has 3 rings (SSSR count). The van der Waals surface area contributed by atoms with Crippen LogP contribution in [-0.2, 0) is 10.0 Å². The van der Waals surface area contributed by atoms with Crippen molar-refractivity contribution in [3.63, 3.8) is 0 Å². The van der Waals surface area contributed by atoms with Crippen molar-refractivity contribution < 1.29 is 13.2 Å². The molecule has 1 aromatic heterocycles. The zero-order valence-electron chi connectivity index (χ0n) is 14.3. The number of hydrogen-bond acceptors (Lipinski definition) is 4. The van der Waals surface area contributed by atoms with Crippen molar-refractivity contribution in [3.8, 4) is 0 Å². The number of anilines is 2. The van der Waals surface area contributed by atoms with Gasteiger partial charge in [-0.3, -0.25) is 9.52 Å². The molecule has 0 aliphatic rings. The number of amides is 1. The Labute approximate surface area is 156 Å². The van der Waals surface area contributed by atoms with E-state index in [0.29, 0.717) is 16.3 Å². The molecule has 3 aromatic rings. The number of rotatable bonds is 5. The van der Waals surface area contributed by atoms with E-state index < -0.39 is 10.0 Å². The zero-order chi connectivity index (χ0) is 18.7. The van der Waals surface area contributed by atoms with E-state index in [1.807, 2.05) is 37.4 Å². The molecule has 1 amide bonds. The van der Waals surface area contributed by atoms with Crippen LogP contribution in [0.2, 0.25) is 0 Å². The molecule has 2 aromatic carbocycles. The van der Waals surface area contributed by atoms with Gasteiger partial charge in [-0.2, -0.15) is 0 Å². The highest BCUT2D eigenvalue weighted by Crippen LogP contribution is 2.24. The van der Waals surface area contributed by atoms with Crippen LogP contribution in [0.15, 0.2) is 64.9 Å². The lowest BCUT2D eigenvalue weighted by atomic mass is 10.1. The number of benzene rings is 2. The Morgan fingerprint density at radius 3 is 2.15 bits per heavy atom. The predicted molar refractivity (Wildman–Crippen MR) is 105 cm³/mol. The highest BCUT2D eigenvalue weighted by Gasteiger charge is 2.16. The van der Waals surface area contributed by atoms with Crippen LogP contribution in [0, 0.1) is 13.8 Å². The monoisotopic (exact) mass is 386 g/mol. The van der Waals surface area contributed by atoms with E-state index in [1.165, 1.54) is 23.5 Å².